The number of fused-ring (bicyclic) bond motifs is 1. The van der Waals surface area contributed by atoms with Crippen molar-refractivity contribution in [2.24, 2.45) is 0 Å². The van der Waals surface area contributed by atoms with E-state index < -0.39 is 0 Å². The Labute approximate surface area is 153 Å². The van der Waals surface area contributed by atoms with Gasteiger partial charge in [-0.1, -0.05) is 25.5 Å². The molecule has 0 aliphatic carbocycles. The first kappa shape index (κ1) is 17.9. The van der Waals surface area contributed by atoms with Crippen LogP contribution in [-0.4, -0.2) is 26.4 Å². The minimum absolute atomic E-state index is 0.135. The highest BCUT2D eigenvalue weighted by Gasteiger charge is 2.21. The van der Waals surface area contributed by atoms with Crippen LogP contribution in [0.1, 0.15) is 35.7 Å². The van der Waals surface area contributed by atoms with Crippen LogP contribution in [0.2, 0.25) is 0 Å². The third-order valence-electron chi connectivity index (χ3n) is 4.08. The Kier molecular flexibility index (Phi) is 5.84. The number of methoxy groups -OCH3 is 1. The summed E-state index contributed by atoms with van der Waals surface area (Å²) in [6.07, 6.45) is 2.07. The first-order chi connectivity index (χ1) is 12.7. The van der Waals surface area contributed by atoms with Gasteiger partial charge in [0, 0.05) is 6.54 Å². The van der Waals surface area contributed by atoms with Crippen molar-refractivity contribution in [3.05, 3.63) is 47.5 Å². The van der Waals surface area contributed by atoms with E-state index in [0.29, 0.717) is 41.7 Å². The Morgan fingerprint density at radius 2 is 2.08 bits per heavy atom. The van der Waals surface area contributed by atoms with Crippen molar-refractivity contribution < 1.29 is 23.7 Å². The third kappa shape index (κ3) is 4.02. The zero-order chi connectivity index (χ0) is 18.4. The van der Waals surface area contributed by atoms with Gasteiger partial charge in [-0.25, -0.2) is 0 Å². The summed E-state index contributed by atoms with van der Waals surface area (Å²) in [4.78, 5) is 12.5. The van der Waals surface area contributed by atoms with E-state index in [1.165, 1.54) is 0 Å². The number of para-hydroxylation sites is 1. The molecule has 6 nitrogen and oxygen atoms in total. The summed E-state index contributed by atoms with van der Waals surface area (Å²) in [6.45, 7) is 3.28. The Balaban J connectivity index is 1.64. The van der Waals surface area contributed by atoms with Crippen LogP contribution >= 0.6 is 0 Å². The van der Waals surface area contributed by atoms with Crippen LogP contribution in [0.4, 0.5) is 0 Å². The average Bonchev–Trinajstić information content (AvgIpc) is 3.15. The van der Waals surface area contributed by atoms with Gasteiger partial charge in [-0.15, -0.1) is 0 Å². The average molecular weight is 357 g/mol. The highest BCUT2D eigenvalue weighted by atomic mass is 16.7. The summed E-state index contributed by atoms with van der Waals surface area (Å²) in [5.74, 6) is 2.23. The summed E-state index contributed by atoms with van der Waals surface area (Å²) in [5, 5.41) is 2.90. The van der Waals surface area contributed by atoms with E-state index in [0.717, 1.165) is 18.4 Å². The monoisotopic (exact) mass is 357 g/mol. The Morgan fingerprint density at radius 1 is 1.19 bits per heavy atom. The van der Waals surface area contributed by atoms with Gasteiger partial charge in [-0.3, -0.25) is 4.79 Å². The van der Waals surface area contributed by atoms with Crippen molar-refractivity contribution in [3.63, 3.8) is 0 Å². The van der Waals surface area contributed by atoms with Gasteiger partial charge in [0.25, 0.3) is 5.91 Å². The van der Waals surface area contributed by atoms with Crippen LogP contribution in [0.5, 0.6) is 23.0 Å². The second-order valence-corrected chi connectivity index (χ2v) is 5.91. The van der Waals surface area contributed by atoms with Crippen LogP contribution in [-0.2, 0) is 6.54 Å². The van der Waals surface area contributed by atoms with Crippen LogP contribution in [0.3, 0.4) is 0 Å². The lowest BCUT2D eigenvalue weighted by Crippen LogP contribution is -2.23. The number of ether oxygens (including phenoxy) is 4. The maximum atomic E-state index is 12.5. The molecule has 2 aromatic carbocycles. The topological polar surface area (TPSA) is 66.0 Å². The standard InChI is InChI=1S/C20H23NO5/c1-3-4-10-24-16-9-8-14(11-18(16)23-2)12-21-20(22)15-6-5-7-17-19(15)26-13-25-17/h5-9,11H,3-4,10,12-13H2,1-2H3,(H,21,22). The maximum absolute atomic E-state index is 12.5. The molecule has 1 heterocycles. The highest BCUT2D eigenvalue weighted by Crippen LogP contribution is 2.35. The first-order valence-electron chi connectivity index (χ1n) is 8.69. The van der Waals surface area contributed by atoms with Gasteiger partial charge < -0.3 is 24.3 Å². The molecule has 1 aliphatic rings. The second-order valence-electron chi connectivity index (χ2n) is 5.91. The number of hydrogen-bond donors (Lipinski definition) is 1. The molecule has 2 aromatic rings. The molecular weight excluding hydrogens is 334 g/mol. The molecule has 0 saturated heterocycles. The van der Waals surface area contributed by atoms with Gasteiger partial charge in [0.05, 0.1) is 19.3 Å². The quantitative estimate of drug-likeness (QED) is 0.732. The van der Waals surface area contributed by atoms with Gasteiger partial charge >= 0.3 is 0 Å². The molecule has 0 spiro atoms. The molecule has 0 fully saturated rings. The Bertz CT molecular complexity index is 775. The predicted octanol–water partition coefficient (Wildman–Crippen LogP) is 3.53. The van der Waals surface area contributed by atoms with Gasteiger partial charge in [-0.2, -0.15) is 0 Å². The third-order valence-corrected chi connectivity index (χ3v) is 4.08. The van der Waals surface area contributed by atoms with E-state index in [1.807, 2.05) is 18.2 Å². The molecule has 0 radical (unpaired) electrons. The number of nitrogens with one attached hydrogen (secondary N) is 1. The van der Waals surface area contributed by atoms with Crippen molar-refractivity contribution in [3.8, 4) is 23.0 Å². The lowest BCUT2D eigenvalue weighted by atomic mass is 10.1. The molecule has 0 atom stereocenters. The van der Waals surface area contributed by atoms with Crippen molar-refractivity contribution >= 4 is 5.91 Å². The number of carbonyl (C=O) groups is 1. The number of carbonyl (C=O) groups excluding carboxylic acids is 1. The fourth-order valence-corrected chi connectivity index (χ4v) is 2.65. The Hall–Kier alpha value is -2.89. The fourth-order valence-electron chi connectivity index (χ4n) is 2.65. The van der Waals surface area contributed by atoms with E-state index >= 15 is 0 Å². The van der Waals surface area contributed by atoms with E-state index in [4.69, 9.17) is 18.9 Å². The normalized spacial score (nSPS) is 11.9. The van der Waals surface area contributed by atoms with Crippen molar-refractivity contribution in [2.45, 2.75) is 26.3 Å². The predicted molar refractivity (Wildman–Crippen MR) is 97.1 cm³/mol. The van der Waals surface area contributed by atoms with Crippen molar-refractivity contribution in [2.75, 3.05) is 20.5 Å². The number of hydrogen-bond acceptors (Lipinski definition) is 5. The molecule has 1 aliphatic heterocycles. The van der Waals surface area contributed by atoms with E-state index in [1.54, 1.807) is 25.3 Å². The molecule has 1 amide bonds. The van der Waals surface area contributed by atoms with Crippen LogP contribution in [0, 0.1) is 0 Å². The minimum Gasteiger partial charge on any atom is -0.493 e. The summed E-state index contributed by atoms with van der Waals surface area (Å²) in [7, 11) is 1.61. The van der Waals surface area contributed by atoms with Crippen LogP contribution < -0.4 is 24.3 Å². The second kappa shape index (κ2) is 8.47. The number of benzene rings is 2. The molecule has 26 heavy (non-hydrogen) atoms. The SMILES string of the molecule is CCCCOc1ccc(CNC(=O)c2cccc3c2OCO3)cc1OC. The van der Waals surface area contributed by atoms with Crippen molar-refractivity contribution in [1.82, 2.24) is 5.32 Å². The van der Waals surface area contributed by atoms with Gasteiger partial charge in [-0.05, 0) is 36.2 Å². The zero-order valence-electron chi connectivity index (χ0n) is 15.0. The Morgan fingerprint density at radius 3 is 2.88 bits per heavy atom. The van der Waals surface area contributed by atoms with Gasteiger partial charge in [0.15, 0.2) is 23.0 Å². The summed E-state index contributed by atoms with van der Waals surface area (Å²) < 4.78 is 21.8. The minimum atomic E-state index is -0.213. The van der Waals surface area contributed by atoms with Gasteiger partial charge in [0.2, 0.25) is 6.79 Å². The summed E-state index contributed by atoms with van der Waals surface area (Å²) in [6, 6.07) is 10.9. The van der Waals surface area contributed by atoms with Crippen LogP contribution in [0.15, 0.2) is 36.4 Å². The molecule has 138 valence electrons. The zero-order valence-corrected chi connectivity index (χ0v) is 15.0. The molecule has 6 heteroatoms. The maximum Gasteiger partial charge on any atom is 0.255 e. The largest absolute Gasteiger partial charge is 0.493 e. The number of rotatable bonds is 8. The number of unbranched alkanes of at least 4 members (excludes halogenated alkanes) is 1. The smallest absolute Gasteiger partial charge is 0.255 e. The van der Waals surface area contributed by atoms with Crippen molar-refractivity contribution in [1.29, 1.82) is 0 Å². The van der Waals surface area contributed by atoms with Crippen LogP contribution in [0.25, 0.3) is 0 Å². The molecule has 0 unspecified atom stereocenters. The van der Waals surface area contributed by atoms with E-state index in [-0.39, 0.29) is 12.7 Å². The van der Waals surface area contributed by atoms with E-state index in [2.05, 4.69) is 12.2 Å². The fraction of sp³-hybridized carbons (Fsp3) is 0.350. The summed E-state index contributed by atoms with van der Waals surface area (Å²) in [5.41, 5.74) is 1.38. The number of amides is 1. The lowest BCUT2D eigenvalue weighted by Gasteiger charge is -2.13. The van der Waals surface area contributed by atoms with Gasteiger partial charge in [0.1, 0.15) is 0 Å². The molecular formula is C20H23NO5. The van der Waals surface area contributed by atoms with E-state index in [9.17, 15) is 4.79 Å². The molecule has 0 bridgehead atoms. The lowest BCUT2D eigenvalue weighted by molar-refractivity contribution is 0.0946. The highest BCUT2D eigenvalue weighted by molar-refractivity contribution is 5.97. The molecule has 1 N–H and O–H groups in total. The molecule has 0 aromatic heterocycles. The molecule has 3 rings (SSSR count). The molecule has 0 saturated carbocycles. The first-order valence-corrected chi connectivity index (χ1v) is 8.69. The summed E-state index contributed by atoms with van der Waals surface area (Å²) >= 11 is 0.